The number of rotatable bonds is 3. The topological polar surface area (TPSA) is 103 Å². The molecular formula is C18H15FN4O3. The molecule has 8 heteroatoms. The van der Waals surface area contributed by atoms with Gasteiger partial charge in [-0.25, -0.2) is 9.37 Å². The summed E-state index contributed by atoms with van der Waals surface area (Å²) < 4.78 is 25.5. The average Bonchev–Trinajstić information content (AvgIpc) is 2.64. The maximum absolute atomic E-state index is 14.5. The second-order valence-electron chi connectivity index (χ2n) is 5.63. The number of aromatic hydroxyl groups is 1. The molecule has 0 atom stereocenters. The van der Waals surface area contributed by atoms with Crippen LogP contribution in [0.5, 0.6) is 17.2 Å². The number of fused-ring (bicyclic) bond motifs is 1. The summed E-state index contributed by atoms with van der Waals surface area (Å²) in [5.74, 6) is 0.306. The molecule has 0 unspecified atom stereocenters. The van der Waals surface area contributed by atoms with Crippen LogP contribution in [0.15, 0.2) is 42.5 Å². The van der Waals surface area contributed by atoms with E-state index in [1.807, 2.05) is 0 Å². The van der Waals surface area contributed by atoms with Crippen molar-refractivity contribution in [3.63, 3.8) is 0 Å². The SMILES string of the molecule is Nc1nc(Nc2cccc(O)c2)nc(-c2ccc3c(c2)OCCO3)c1F. The van der Waals surface area contributed by atoms with Crippen molar-refractivity contribution in [3.8, 4) is 28.5 Å². The van der Waals surface area contributed by atoms with Gasteiger partial charge < -0.3 is 25.6 Å². The number of hydrogen-bond donors (Lipinski definition) is 3. The Kier molecular flexibility index (Phi) is 3.92. The zero-order chi connectivity index (χ0) is 18.1. The van der Waals surface area contributed by atoms with E-state index >= 15 is 0 Å². The molecular weight excluding hydrogens is 339 g/mol. The maximum atomic E-state index is 14.5. The molecule has 26 heavy (non-hydrogen) atoms. The molecule has 132 valence electrons. The first-order valence-electron chi connectivity index (χ1n) is 7.89. The first-order chi connectivity index (χ1) is 12.6. The molecule has 0 saturated heterocycles. The van der Waals surface area contributed by atoms with Crippen LogP contribution in [0.4, 0.5) is 21.8 Å². The van der Waals surface area contributed by atoms with E-state index in [4.69, 9.17) is 15.2 Å². The molecule has 3 aromatic rings. The van der Waals surface area contributed by atoms with Crippen LogP contribution in [0, 0.1) is 5.82 Å². The summed E-state index contributed by atoms with van der Waals surface area (Å²) >= 11 is 0. The second kappa shape index (κ2) is 6.40. The number of phenols is 1. The van der Waals surface area contributed by atoms with E-state index in [1.54, 1.807) is 30.3 Å². The molecule has 2 aromatic carbocycles. The number of phenolic OH excluding ortho intramolecular Hbond substituents is 1. The lowest BCUT2D eigenvalue weighted by molar-refractivity contribution is 0.171. The molecule has 4 N–H and O–H groups in total. The molecule has 4 rings (SSSR count). The van der Waals surface area contributed by atoms with Crippen LogP contribution in [0.2, 0.25) is 0 Å². The van der Waals surface area contributed by atoms with Gasteiger partial charge in [0.25, 0.3) is 0 Å². The van der Waals surface area contributed by atoms with E-state index in [9.17, 15) is 9.50 Å². The van der Waals surface area contributed by atoms with Crippen LogP contribution < -0.4 is 20.5 Å². The molecule has 0 bridgehead atoms. The monoisotopic (exact) mass is 354 g/mol. The minimum atomic E-state index is -0.719. The number of nitrogen functional groups attached to an aromatic ring is 1. The number of nitrogens with two attached hydrogens (primary N) is 1. The lowest BCUT2D eigenvalue weighted by Crippen LogP contribution is -2.15. The number of nitrogens with zero attached hydrogens (tertiary/aromatic N) is 2. The van der Waals surface area contributed by atoms with Gasteiger partial charge in [0, 0.05) is 17.3 Å². The van der Waals surface area contributed by atoms with Gasteiger partial charge in [-0.3, -0.25) is 0 Å². The largest absolute Gasteiger partial charge is 0.508 e. The maximum Gasteiger partial charge on any atom is 0.229 e. The highest BCUT2D eigenvalue weighted by atomic mass is 19.1. The number of ether oxygens (including phenoxy) is 2. The Morgan fingerprint density at radius 3 is 2.65 bits per heavy atom. The minimum absolute atomic E-state index is 0.0390. The van der Waals surface area contributed by atoms with E-state index in [-0.39, 0.29) is 23.2 Å². The van der Waals surface area contributed by atoms with Crippen molar-refractivity contribution in [1.29, 1.82) is 0 Å². The lowest BCUT2D eigenvalue weighted by Gasteiger charge is -2.19. The third-order valence-corrected chi connectivity index (χ3v) is 3.79. The first-order valence-corrected chi connectivity index (χ1v) is 7.89. The third-order valence-electron chi connectivity index (χ3n) is 3.79. The highest BCUT2D eigenvalue weighted by Gasteiger charge is 2.18. The van der Waals surface area contributed by atoms with Crippen molar-refractivity contribution in [3.05, 3.63) is 48.3 Å². The summed E-state index contributed by atoms with van der Waals surface area (Å²) in [6.07, 6.45) is 0. The van der Waals surface area contributed by atoms with E-state index in [2.05, 4.69) is 15.3 Å². The van der Waals surface area contributed by atoms with Crippen LogP contribution in [0.1, 0.15) is 0 Å². The molecule has 0 fully saturated rings. The number of aromatic nitrogens is 2. The van der Waals surface area contributed by atoms with Gasteiger partial charge in [0.15, 0.2) is 23.1 Å². The Bertz CT molecular complexity index is 981. The molecule has 1 aromatic heterocycles. The van der Waals surface area contributed by atoms with Gasteiger partial charge in [-0.05, 0) is 30.3 Å². The lowest BCUT2D eigenvalue weighted by atomic mass is 10.1. The van der Waals surface area contributed by atoms with Gasteiger partial charge >= 0.3 is 0 Å². The van der Waals surface area contributed by atoms with Crippen molar-refractivity contribution in [2.45, 2.75) is 0 Å². The highest BCUT2D eigenvalue weighted by Crippen LogP contribution is 2.35. The van der Waals surface area contributed by atoms with Crippen molar-refractivity contribution in [2.24, 2.45) is 0 Å². The Labute approximate surface area is 148 Å². The summed E-state index contributed by atoms with van der Waals surface area (Å²) in [5.41, 5.74) is 6.78. The van der Waals surface area contributed by atoms with Crippen LogP contribution >= 0.6 is 0 Å². The number of halogens is 1. The van der Waals surface area contributed by atoms with Crippen LogP contribution in [-0.4, -0.2) is 28.3 Å². The van der Waals surface area contributed by atoms with Gasteiger partial charge in [-0.1, -0.05) is 6.07 Å². The predicted octanol–water partition coefficient (Wildman–Crippen LogP) is 3.09. The Morgan fingerprint density at radius 2 is 1.85 bits per heavy atom. The second-order valence-corrected chi connectivity index (χ2v) is 5.63. The van der Waals surface area contributed by atoms with E-state index < -0.39 is 5.82 Å². The van der Waals surface area contributed by atoms with Gasteiger partial charge in [0.1, 0.15) is 24.7 Å². The summed E-state index contributed by atoms with van der Waals surface area (Å²) in [6.45, 7) is 0.897. The fraction of sp³-hybridized carbons (Fsp3) is 0.111. The fourth-order valence-electron chi connectivity index (χ4n) is 2.62. The summed E-state index contributed by atoms with van der Waals surface area (Å²) in [5, 5.41) is 12.4. The van der Waals surface area contributed by atoms with E-state index in [0.29, 0.717) is 36.0 Å². The van der Waals surface area contributed by atoms with E-state index in [0.717, 1.165) is 0 Å². The Morgan fingerprint density at radius 1 is 1.04 bits per heavy atom. The van der Waals surface area contributed by atoms with Crippen molar-refractivity contribution in [1.82, 2.24) is 9.97 Å². The fourth-order valence-corrected chi connectivity index (χ4v) is 2.62. The third kappa shape index (κ3) is 3.04. The summed E-state index contributed by atoms with van der Waals surface area (Å²) in [4.78, 5) is 8.14. The number of nitrogens with one attached hydrogen (secondary N) is 1. The number of hydrogen-bond acceptors (Lipinski definition) is 7. The van der Waals surface area contributed by atoms with Crippen LogP contribution in [0.25, 0.3) is 11.3 Å². The molecule has 7 nitrogen and oxygen atoms in total. The first kappa shape index (κ1) is 15.9. The van der Waals surface area contributed by atoms with Crippen molar-refractivity contribution in [2.75, 3.05) is 24.3 Å². The standard InChI is InChI=1S/C18H15FN4O3/c19-15-16(10-4-5-13-14(8-10)26-7-6-25-13)22-18(23-17(15)20)21-11-2-1-3-12(24)9-11/h1-5,8-9,24H,6-7H2,(H3,20,21,22,23). The van der Waals surface area contributed by atoms with Gasteiger partial charge in [-0.2, -0.15) is 4.98 Å². The zero-order valence-corrected chi connectivity index (χ0v) is 13.6. The summed E-state index contributed by atoms with van der Waals surface area (Å²) in [6, 6.07) is 11.4. The quantitative estimate of drug-likeness (QED) is 0.664. The predicted molar refractivity (Wildman–Crippen MR) is 94.2 cm³/mol. The molecule has 0 saturated carbocycles. The minimum Gasteiger partial charge on any atom is -0.508 e. The Hall–Kier alpha value is -3.55. The molecule has 2 heterocycles. The van der Waals surface area contributed by atoms with Crippen molar-refractivity contribution >= 4 is 17.5 Å². The Balaban J connectivity index is 1.73. The molecule has 1 aliphatic rings. The van der Waals surface area contributed by atoms with Crippen molar-refractivity contribution < 1.29 is 19.0 Å². The van der Waals surface area contributed by atoms with E-state index in [1.165, 1.54) is 12.1 Å². The van der Waals surface area contributed by atoms with Crippen LogP contribution in [0.3, 0.4) is 0 Å². The number of anilines is 3. The number of benzene rings is 2. The molecule has 1 aliphatic heterocycles. The molecule has 0 aliphatic carbocycles. The van der Waals surface area contributed by atoms with Gasteiger partial charge in [0.2, 0.25) is 5.95 Å². The van der Waals surface area contributed by atoms with Gasteiger partial charge in [0.05, 0.1) is 0 Å². The molecule has 0 amide bonds. The molecule has 0 spiro atoms. The highest BCUT2D eigenvalue weighted by molar-refractivity contribution is 5.69. The van der Waals surface area contributed by atoms with Crippen LogP contribution in [-0.2, 0) is 0 Å². The zero-order valence-electron chi connectivity index (χ0n) is 13.6. The summed E-state index contributed by atoms with van der Waals surface area (Å²) in [7, 11) is 0. The molecule has 0 radical (unpaired) electrons. The normalized spacial score (nSPS) is 12.7. The average molecular weight is 354 g/mol. The smallest absolute Gasteiger partial charge is 0.229 e. The van der Waals surface area contributed by atoms with Gasteiger partial charge in [-0.15, -0.1) is 0 Å².